The van der Waals surface area contributed by atoms with Crippen molar-refractivity contribution in [3.05, 3.63) is 23.8 Å². The van der Waals surface area contributed by atoms with Gasteiger partial charge in [0.2, 0.25) is 0 Å². The molecule has 0 bridgehead atoms. The van der Waals surface area contributed by atoms with Gasteiger partial charge >= 0.3 is 82.5 Å². The Hall–Kier alpha value is -0.332. The number of rotatable bonds is 1. The van der Waals surface area contributed by atoms with Crippen LogP contribution in [0.25, 0.3) is 10.2 Å². The Morgan fingerprint density at radius 1 is 1.42 bits per heavy atom. The molecule has 0 N–H and O–H groups in total. The number of aryl methyl sites for hydroxylation is 1. The van der Waals surface area contributed by atoms with Crippen molar-refractivity contribution in [3.63, 3.8) is 0 Å². The molecule has 12 heavy (non-hydrogen) atoms. The number of hydrogen-bond donors (Lipinski definition) is 0. The molecule has 0 amide bonds. The van der Waals surface area contributed by atoms with Crippen molar-refractivity contribution < 1.29 is 0 Å². The minimum absolute atomic E-state index is 0.0385. The first-order valence-electron chi connectivity index (χ1n) is 3.84. The summed E-state index contributed by atoms with van der Waals surface area (Å²) in [6.45, 7) is 2.11. The van der Waals surface area contributed by atoms with Crippen LogP contribution in [0.2, 0.25) is 5.71 Å². The Morgan fingerprint density at radius 2 is 2.25 bits per heavy atom. The van der Waals surface area contributed by atoms with Crippen LogP contribution < -0.4 is 3.80 Å². The summed E-state index contributed by atoms with van der Waals surface area (Å²) >= 11 is 1.89. The van der Waals surface area contributed by atoms with Gasteiger partial charge in [0, 0.05) is 0 Å². The quantitative estimate of drug-likeness (QED) is 0.690. The fraction of sp³-hybridized carbons (Fsp3) is 0.222. The van der Waals surface area contributed by atoms with E-state index in [1.54, 1.807) is 0 Å². The standard InChI is InChI=1S/C9H10AsNS/c1-6-3-4-8-7(5-6)11-9(10-2)12-8/h3-5,10H,1-2H3. The molecule has 0 aliphatic rings. The molecule has 0 fully saturated rings. The van der Waals surface area contributed by atoms with Crippen LogP contribution in [0.3, 0.4) is 0 Å². The number of thiazole rings is 1. The van der Waals surface area contributed by atoms with E-state index in [0.717, 1.165) is 0 Å². The van der Waals surface area contributed by atoms with Gasteiger partial charge in [0.1, 0.15) is 0 Å². The van der Waals surface area contributed by atoms with E-state index in [0.29, 0.717) is 0 Å². The molecule has 0 saturated carbocycles. The number of fused-ring (bicyclic) bond motifs is 1. The monoisotopic (exact) mass is 239 g/mol. The molecule has 1 heterocycles. The van der Waals surface area contributed by atoms with Gasteiger partial charge in [-0.05, 0) is 0 Å². The van der Waals surface area contributed by atoms with Crippen LogP contribution in [0.4, 0.5) is 0 Å². The molecule has 1 atom stereocenters. The van der Waals surface area contributed by atoms with Crippen LogP contribution in [-0.4, -0.2) is 20.7 Å². The summed E-state index contributed by atoms with van der Waals surface area (Å²) in [5, 5.41) is 0. The number of aromatic nitrogens is 1. The van der Waals surface area contributed by atoms with E-state index in [-0.39, 0.29) is 15.8 Å². The van der Waals surface area contributed by atoms with E-state index in [2.05, 4.69) is 35.8 Å². The van der Waals surface area contributed by atoms with Crippen molar-refractivity contribution >= 4 is 41.1 Å². The van der Waals surface area contributed by atoms with Crippen molar-refractivity contribution in [2.75, 3.05) is 0 Å². The molecular formula is C9H10AsNS. The summed E-state index contributed by atoms with van der Waals surface area (Å²) in [4.78, 5) is 4.57. The summed E-state index contributed by atoms with van der Waals surface area (Å²) in [6.07, 6.45) is 0. The average molecular weight is 239 g/mol. The molecular weight excluding hydrogens is 229 g/mol. The Kier molecular flexibility index (Phi) is 2.20. The molecule has 1 aromatic heterocycles. The van der Waals surface area contributed by atoms with Gasteiger partial charge in [-0.3, -0.25) is 0 Å². The van der Waals surface area contributed by atoms with E-state index in [4.69, 9.17) is 0 Å². The van der Waals surface area contributed by atoms with Gasteiger partial charge in [-0.25, -0.2) is 0 Å². The third kappa shape index (κ3) is 1.41. The zero-order valence-electron chi connectivity index (χ0n) is 7.09. The van der Waals surface area contributed by atoms with Crippen LogP contribution in [0, 0.1) is 6.92 Å². The normalized spacial score (nSPS) is 11.8. The van der Waals surface area contributed by atoms with Gasteiger partial charge in [-0.2, -0.15) is 0 Å². The molecule has 0 radical (unpaired) electrons. The SMILES string of the molecule is C[AsH]c1nc2cc(C)ccc2s1. The number of benzene rings is 1. The van der Waals surface area contributed by atoms with Crippen molar-refractivity contribution in [3.8, 4) is 0 Å². The van der Waals surface area contributed by atoms with Crippen LogP contribution in [0.5, 0.6) is 0 Å². The fourth-order valence-corrected chi connectivity index (χ4v) is 3.77. The molecule has 2 aromatic rings. The molecule has 62 valence electrons. The van der Waals surface area contributed by atoms with Crippen molar-refractivity contribution in [2.24, 2.45) is 0 Å². The predicted octanol–water partition coefficient (Wildman–Crippen LogP) is 1.71. The second kappa shape index (κ2) is 3.19. The predicted molar refractivity (Wildman–Crippen MR) is 57.0 cm³/mol. The zero-order chi connectivity index (χ0) is 8.55. The van der Waals surface area contributed by atoms with E-state index in [9.17, 15) is 0 Å². The number of hydrogen-bond acceptors (Lipinski definition) is 2. The molecule has 0 spiro atoms. The molecule has 1 unspecified atom stereocenters. The van der Waals surface area contributed by atoms with Crippen molar-refractivity contribution in [1.82, 2.24) is 4.98 Å². The first-order chi connectivity index (χ1) is 5.79. The fourth-order valence-electron chi connectivity index (χ4n) is 1.14. The molecule has 2 rings (SSSR count). The Balaban J connectivity index is 2.67. The minimum atomic E-state index is 0.0385. The van der Waals surface area contributed by atoms with Crippen LogP contribution in [0.15, 0.2) is 18.2 Å². The van der Waals surface area contributed by atoms with Crippen LogP contribution in [0.1, 0.15) is 5.56 Å². The van der Waals surface area contributed by atoms with Gasteiger partial charge in [0.05, 0.1) is 0 Å². The summed E-state index contributed by atoms with van der Waals surface area (Å²) < 4.78 is 2.69. The topological polar surface area (TPSA) is 12.9 Å². The summed E-state index contributed by atoms with van der Waals surface area (Å²) in [7, 11) is 0. The molecule has 0 aliphatic heterocycles. The molecule has 1 nitrogen and oxygen atoms in total. The number of nitrogens with zero attached hydrogens (tertiary/aromatic N) is 1. The van der Waals surface area contributed by atoms with Gasteiger partial charge < -0.3 is 0 Å². The molecule has 3 heteroatoms. The molecule has 0 saturated heterocycles. The second-order valence-corrected chi connectivity index (χ2v) is 6.57. The van der Waals surface area contributed by atoms with Gasteiger partial charge in [0.25, 0.3) is 0 Å². The van der Waals surface area contributed by atoms with Crippen LogP contribution in [-0.2, 0) is 0 Å². The summed E-state index contributed by atoms with van der Waals surface area (Å²) in [6, 6.07) is 6.49. The maximum atomic E-state index is 4.57. The van der Waals surface area contributed by atoms with E-state index < -0.39 is 0 Å². The van der Waals surface area contributed by atoms with E-state index in [1.807, 2.05) is 11.3 Å². The third-order valence-electron chi connectivity index (χ3n) is 1.76. The Morgan fingerprint density at radius 3 is 3.00 bits per heavy atom. The summed E-state index contributed by atoms with van der Waals surface area (Å²) in [5.74, 6) is 0. The first kappa shape index (κ1) is 8.28. The first-order valence-corrected chi connectivity index (χ1v) is 7.81. The van der Waals surface area contributed by atoms with E-state index in [1.165, 1.54) is 19.6 Å². The zero-order valence-corrected chi connectivity index (χ0v) is 10.0. The second-order valence-electron chi connectivity index (χ2n) is 2.74. The van der Waals surface area contributed by atoms with Crippen molar-refractivity contribution in [1.29, 1.82) is 0 Å². The molecule has 1 aromatic carbocycles. The average Bonchev–Trinajstić information content (AvgIpc) is 2.46. The van der Waals surface area contributed by atoms with Crippen LogP contribution >= 0.6 is 11.3 Å². The van der Waals surface area contributed by atoms with Gasteiger partial charge in [-0.15, -0.1) is 0 Å². The summed E-state index contributed by atoms with van der Waals surface area (Å²) in [5.41, 5.74) is 4.75. The molecule has 0 aliphatic carbocycles. The Labute approximate surface area is 82.5 Å². The van der Waals surface area contributed by atoms with Crippen molar-refractivity contribution in [2.45, 2.75) is 12.6 Å². The van der Waals surface area contributed by atoms with E-state index >= 15 is 0 Å². The van der Waals surface area contributed by atoms with Gasteiger partial charge in [0.15, 0.2) is 0 Å². The third-order valence-corrected chi connectivity index (χ3v) is 5.44. The maximum absolute atomic E-state index is 4.57. The van der Waals surface area contributed by atoms with Gasteiger partial charge in [-0.1, -0.05) is 0 Å². The Bertz CT molecular complexity index is 408.